The number of hydrogen-bond acceptors (Lipinski definition) is 0. The van der Waals surface area contributed by atoms with E-state index in [-0.39, 0.29) is 0 Å². The fraction of sp³-hybridized carbons (Fsp3) is 0.250. The van der Waals surface area contributed by atoms with Gasteiger partial charge in [0.1, 0.15) is 0 Å². The van der Waals surface area contributed by atoms with Crippen LogP contribution in [-0.4, -0.2) is 12.3 Å². The first-order valence-electron chi connectivity index (χ1n) is 3.53. The van der Waals surface area contributed by atoms with Gasteiger partial charge in [-0.15, -0.1) is 0 Å². The summed E-state index contributed by atoms with van der Waals surface area (Å²) in [7, 11) is 1.59. The fourth-order valence-electron chi connectivity index (χ4n) is 1.05. The third-order valence-electron chi connectivity index (χ3n) is 1.71. The summed E-state index contributed by atoms with van der Waals surface area (Å²) in [6.07, 6.45) is 2.97. The average molecular weight is 168 g/mol. The molecule has 0 nitrogen and oxygen atoms in total. The predicted octanol–water partition coefficient (Wildman–Crippen LogP) is 2.40. The van der Waals surface area contributed by atoms with Crippen molar-refractivity contribution >= 4 is 21.2 Å². The molecule has 0 N–H and O–H groups in total. The molecule has 1 aromatic rings. The molecule has 0 aromatic heterocycles. The maximum Gasteiger partial charge on any atom is -0.0199 e. The average Bonchev–Trinajstić information content (AvgIpc) is 1.86. The molecule has 0 spiro atoms. The zero-order chi connectivity index (χ0) is 6.81. The molecule has 2 unspecified atom stereocenters. The van der Waals surface area contributed by atoms with Crippen LogP contribution >= 0.6 is 15.9 Å². The summed E-state index contributed by atoms with van der Waals surface area (Å²) in [5.41, 5.74) is 0. The van der Waals surface area contributed by atoms with Gasteiger partial charge in [0.2, 0.25) is 0 Å². The van der Waals surface area contributed by atoms with Crippen LogP contribution in [0.3, 0.4) is 0 Å². The second-order valence-electron chi connectivity index (χ2n) is 2.40. The highest BCUT2D eigenvalue weighted by molar-refractivity contribution is 8.28. The molecule has 0 aliphatic carbocycles. The minimum absolute atomic E-state index is 0.335. The van der Waals surface area contributed by atoms with Crippen molar-refractivity contribution in [1.29, 1.82) is 0 Å². The van der Waals surface area contributed by atoms with E-state index < -0.39 is 0 Å². The standard InChI is InChI=1S/C8H10P2/c1-2-4-8(5-3-1)10-7-6-9-10/h1-5,9H,6-7H2. The van der Waals surface area contributed by atoms with Crippen LogP contribution in [0, 0.1) is 0 Å². The van der Waals surface area contributed by atoms with Gasteiger partial charge in [0, 0.05) is 0 Å². The highest BCUT2D eigenvalue weighted by atomic mass is 32.1. The van der Waals surface area contributed by atoms with Gasteiger partial charge in [0.15, 0.2) is 0 Å². The number of rotatable bonds is 1. The smallest absolute Gasteiger partial charge is 0.0199 e. The summed E-state index contributed by atoms with van der Waals surface area (Å²) in [6, 6.07) is 11.0. The second-order valence-corrected chi connectivity index (χ2v) is 7.60. The van der Waals surface area contributed by atoms with E-state index >= 15 is 0 Å². The molecule has 1 aliphatic heterocycles. The lowest BCUT2D eigenvalue weighted by atomic mass is 10.4. The maximum atomic E-state index is 2.28. The van der Waals surface area contributed by atoms with Crippen LogP contribution in [0.15, 0.2) is 30.3 Å². The number of hydrogen-bond donors (Lipinski definition) is 0. The molecule has 2 heteroatoms. The quantitative estimate of drug-likeness (QED) is 0.565. The third kappa shape index (κ3) is 1.24. The highest BCUT2D eigenvalue weighted by Gasteiger charge is 2.17. The summed E-state index contributed by atoms with van der Waals surface area (Å²) >= 11 is 0. The zero-order valence-electron chi connectivity index (χ0n) is 5.75. The number of benzene rings is 1. The van der Waals surface area contributed by atoms with Crippen molar-refractivity contribution in [3.05, 3.63) is 30.3 Å². The Morgan fingerprint density at radius 3 is 2.40 bits per heavy atom. The fourth-order valence-corrected chi connectivity index (χ4v) is 4.81. The largest absolute Gasteiger partial charge is 0.0910 e. The van der Waals surface area contributed by atoms with Crippen molar-refractivity contribution in [3.63, 3.8) is 0 Å². The van der Waals surface area contributed by atoms with Gasteiger partial charge in [-0.1, -0.05) is 46.2 Å². The lowest BCUT2D eigenvalue weighted by Gasteiger charge is -2.26. The topological polar surface area (TPSA) is 0 Å². The van der Waals surface area contributed by atoms with Gasteiger partial charge in [0.05, 0.1) is 0 Å². The molecule has 0 radical (unpaired) electrons. The van der Waals surface area contributed by atoms with Gasteiger partial charge in [-0.2, -0.15) is 0 Å². The first-order valence-corrected chi connectivity index (χ1v) is 7.10. The van der Waals surface area contributed by atoms with E-state index in [1.54, 1.807) is 5.30 Å². The van der Waals surface area contributed by atoms with Crippen molar-refractivity contribution in [1.82, 2.24) is 0 Å². The zero-order valence-corrected chi connectivity index (χ0v) is 7.64. The Kier molecular flexibility index (Phi) is 2.02. The Morgan fingerprint density at radius 2 is 1.90 bits per heavy atom. The van der Waals surface area contributed by atoms with E-state index in [4.69, 9.17) is 0 Å². The molecule has 0 bridgehead atoms. The van der Waals surface area contributed by atoms with Gasteiger partial charge >= 0.3 is 0 Å². The maximum absolute atomic E-state index is 2.28. The lowest BCUT2D eigenvalue weighted by molar-refractivity contribution is 1.51. The van der Waals surface area contributed by atoms with Crippen LogP contribution in [0.2, 0.25) is 0 Å². The van der Waals surface area contributed by atoms with Crippen molar-refractivity contribution < 1.29 is 0 Å². The normalized spacial score (nSPS) is 26.2. The van der Waals surface area contributed by atoms with Crippen molar-refractivity contribution in [3.8, 4) is 0 Å². The molecule has 2 atom stereocenters. The Morgan fingerprint density at radius 1 is 1.20 bits per heavy atom. The molecule has 10 heavy (non-hydrogen) atoms. The lowest BCUT2D eigenvalue weighted by Crippen LogP contribution is -2.07. The molecule has 0 saturated carbocycles. The highest BCUT2D eigenvalue weighted by Crippen LogP contribution is 2.63. The van der Waals surface area contributed by atoms with E-state index in [1.807, 2.05) is 0 Å². The SMILES string of the molecule is c1ccc(P2CCP2)cc1. The molecular weight excluding hydrogens is 158 g/mol. The summed E-state index contributed by atoms with van der Waals surface area (Å²) in [5, 5.41) is 1.61. The molecule has 0 amide bonds. The molecule has 52 valence electrons. The van der Waals surface area contributed by atoms with Gasteiger partial charge in [-0.3, -0.25) is 0 Å². The molecule has 1 fully saturated rings. The Bertz CT molecular complexity index is 204. The summed E-state index contributed by atoms with van der Waals surface area (Å²) in [5.74, 6) is 0. The Labute approximate surface area is 64.5 Å². The molecule has 1 heterocycles. The van der Waals surface area contributed by atoms with Crippen LogP contribution in [-0.2, 0) is 0 Å². The third-order valence-corrected chi connectivity index (χ3v) is 7.84. The molecule has 1 aromatic carbocycles. The van der Waals surface area contributed by atoms with Crippen LogP contribution in [0.4, 0.5) is 0 Å². The van der Waals surface area contributed by atoms with Crippen molar-refractivity contribution in [2.75, 3.05) is 12.3 Å². The summed E-state index contributed by atoms with van der Waals surface area (Å²) in [6.45, 7) is 0. The minimum Gasteiger partial charge on any atom is -0.0910 e. The molecule has 1 saturated heterocycles. The molecule has 2 rings (SSSR count). The van der Waals surface area contributed by atoms with Gasteiger partial charge in [-0.25, -0.2) is 0 Å². The predicted molar refractivity (Wildman–Crippen MR) is 51.0 cm³/mol. The Balaban J connectivity index is 2.18. The van der Waals surface area contributed by atoms with Crippen LogP contribution < -0.4 is 5.30 Å². The van der Waals surface area contributed by atoms with Gasteiger partial charge in [0.25, 0.3) is 0 Å². The second kappa shape index (κ2) is 2.99. The van der Waals surface area contributed by atoms with E-state index in [1.165, 1.54) is 20.6 Å². The van der Waals surface area contributed by atoms with E-state index in [0.717, 1.165) is 0 Å². The summed E-state index contributed by atoms with van der Waals surface area (Å²) < 4.78 is 0. The van der Waals surface area contributed by atoms with Gasteiger partial charge in [-0.05, 0) is 17.6 Å². The van der Waals surface area contributed by atoms with E-state index in [9.17, 15) is 0 Å². The van der Waals surface area contributed by atoms with E-state index in [0.29, 0.717) is 7.61 Å². The van der Waals surface area contributed by atoms with Crippen LogP contribution in [0.1, 0.15) is 0 Å². The van der Waals surface area contributed by atoms with E-state index in [2.05, 4.69) is 30.3 Å². The van der Waals surface area contributed by atoms with Crippen molar-refractivity contribution in [2.45, 2.75) is 0 Å². The van der Waals surface area contributed by atoms with Crippen LogP contribution in [0.25, 0.3) is 0 Å². The monoisotopic (exact) mass is 168 g/mol. The van der Waals surface area contributed by atoms with Gasteiger partial charge < -0.3 is 0 Å². The first-order chi connectivity index (χ1) is 4.97. The Hall–Kier alpha value is 0.0800. The first kappa shape index (κ1) is 6.77. The summed E-state index contributed by atoms with van der Waals surface area (Å²) in [4.78, 5) is 0. The van der Waals surface area contributed by atoms with Crippen LogP contribution in [0.5, 0.6) is 0 Å². The molecule has 1 aliphatic rings. The molecular formula is C8H10P2. The van der Waals surface area contributed by atoms with Crippen molar-refractivity contribution in [2.24, 2.45) is 0 Å². The minimum atomic E-state index is 0.335.